The summed E-state index contributed by atoms with van der Waals surface area (Å²) in [7, 11) is 1.42. The Bertz CT molecular complexity index is 1220. The maximum absolute atomic E-state index is 12.7. The number of rotatable bonds is 11. The number of carbonyl (C=O) groups is 1. The lowest BCUT2D eigenvalue weighted by molar-refractivity contribution is -0.384. The van der Waals surface area contributed by atoms with Crippen molar-refractivity contribution in [1.82, 2.24) is 4.90 Å². The predicted molar refractivity (Wildman–Crippen MR) is 146 cm³/mol. The summed E-state index contributed by atoms with van der Waals surface area (Å²) in [5.74, 6) is 1.64. The summed E-state index contributed by atoms with van der Waals surface area (Å²) in [4.78, 5) is 25.7. The first-order valence-corrected chi connectivity index (χ1v) is 12.9. The number of benzene rings is 3. The molecule has 1 amide bonds. The van der Waals surface area contributed by atoms with E-state index in [2.05, 4.69) is 17.1 Å². The largest absolute Gasteiger partial charge is 0.493 e. The Kier molecular flexibility index (Phi) is 9.16. The molecule has 1 fully saturated rings. The first-order chi connectivity index (χ1) is 18.4. The lowest BCUT2D eigenvalue weighted by Crippen LogP contribution is -2.38. The monoisotopic (exact) mass is 519 g/mol. The molecule has 0 radical (unpaired) electrons. The minimum absolute atomic E-state index is 0.0880. The van der Waals surface area contributed by atoms with E-state index in [1.807, 2.05) is 12.1 Å². The van der Waals surface area contributed by atoms with Crippen LogP contribution in [-0.2, 0) is 0 Å². The van der Waals surface area contributed by atoms with E-state index in [0.717, 1.165) is 38.2 Å². The lowest BCUT2D eigenvalue weighted by Gasteiger charge is -2.32. The first kappa shape index (κ1) is 26.9. The normalized spacial score (nSPS) is 14.1. The number of nitrogens with zero attached hydrogens (tertiary/aromatic N) is 2. The highest BCUT2D eigenvalue weighted by Crippen LogP contribution is 2.34. The molecule has 1 aliphatic heterocycles. The van der Waals surface area contributed by atoms with E-state index in [4.69, 9.17) is 14.2 Å². The molecule has 4 rings (SSSR count). The molecule has 38 heavy (non-hydrogen) atoms. The number of amides is 1. The minimum atomic E-state index is -0.497. The average Bonchev–Trinajstić information content (AvgIpc) is 2.94. The van der Waals surface area contributed by atoms with Gasteiger partial charge in [-0.25, -0.2) is 0 Å². The van der Waals surface area contributed by atoms with Gasteiger partial charge >= 0.3 is 0 Å². The number of non-ortho nitro benzene ring substituents is 1. The van der Waals surface area contributed by atoms with Crippen LogP contribution in [0.4, 0.5) is 11.4 Å². The van der Waals surface area contributed by atoms with Crippen molar-refractivity contribution in [3.8, 4) is 23.0 Å². The second-order valence-corrected chi connectivity index (χ2v) is 9.21. The number of nitro benzene ring substituents is 1. The third kappa shape index (κ3) is 7.23. The van der Waals surface area contributed by atoms with Crippen LogP contribution in [-0.4, -0.2) is 48.6 Å². The fraction of sp³-hybridized carbons (Fsp3) is 0.345. The Morgan fingerprint density at radius 2 is 1.68 bits per heavy atom. The van der Waals surface area contributed by atoms with Crippen molar-refractivity contribution in [3.63, 3.8) is 0 Å². The van der Waals surface area contributed by atoms with E-state index >= 15 is 0 Å². The van der Waals surface area contributed by atoms with Crippen molar-refractivity contribution >= 4 is 17.3 Å². The predicted octanol–water partition coefficient (Wildman–Crippen LogP) is 6.29. The molecule has 0 aliphatic carbocycles. The highest BCUT2D eigenvalue weighted by molar-refractivity contribution is 6.04. The zero-order chi connectivity index (χ0) is 26.9. The molecule has 0 unspecified atom stereocenters. The fourth-order valence-electron chi connectivity index (χ4n) is 4.30. The molecule has 1 saturated heterocycles. The van der Waals surface area contributed by atoms with Gasteiger partial charge in [-0.15, -0.1) is 0 Å². The Labute approximate surface area is 222 Å². The number of methoxy groups -OCH3 is 1. The molecule has 0 aromatic heterocycles. The number of likely N-dealkylation sites (tertiary alicyclic amines) is 1. The minimum Gasteiger partial charge on any atom is -0.493 e. The van der Waals surface area contributed by atoms with Gasteiger partial charge in [0, 0.05) is 30.4 Å². The van der Waals surface area contributed by atoms with E-state index in [9.17, 15) is 14.9 Å². The van der Waals surface area contributed by atoms with Crippen LogP contribution in [0, 0.1) is 10.1 Å². The zero-order valence-electron chi connectivity index (χ0n) is 21.7. The van der Waals surface area contributed by atoms with Gasteiger partial charge in [-0.1, -0.05) is 13.3 Å². The third-order valence-corrected chi connectivity index (χ3v) is 6.48. The lowest BCUT2D eigenvalue weighted by atomic mass is 10.1. The number of piperidine rings is 1. The van der Waals surface area contributed by atoms with Gasteiger partial charge in [-0.05, 0) is 80.4 Å². The summed E-state index contributed by atoms with van der Waals surface area (Å²) in [6, 6.07) is 18.2. The number of nitro groups is 1. The summed E-state index contributed by atoms with van der Waals surface area (Å²) < 4.78 is 17.1. The fourth-order valence-corrected chi connectivity index (χ4v) is 4.30. The maximum Gasteiger partial charge on any atom is 0.273 e. The number of ether oxygens (including phenoxy) is 3. The van der Waals surface area contributed by atoms with Gasteiger partial charge in [0.05, 0.1) is 18.1 Å². The molecule has 1 aliphatic rings. The Hall–Kier alpha value is -4.11. The SMILES string of the molecule is CCCCN1CCC(Oc2ccc(C(=O)Nc3ccc(Oc4ccc([N+](=O)[O-])cc4OC)cc3)cc2)CC1. The quantitative estimate of drug-likeness (QED) is 0.234. The van der Waals surface area contributed by atoms with Crippen LogP contribution < -0.4 is 19.5 Å². The van der Waals surface area contributed by atoms with E-state index in [-0.39, 0.29) is 23.4 Å². The number of anilines is 1. The van der Waals surface area contributed by atoms with Gasteiger partial charge in [0.15, 0.2) is 11.5 Å². The maximum atomic E-state index is 12.7. The van der Waals surface area contributed by atoms with Gasteiger partial charge in [0.25, 0.3) is 11.6 Å². The summed E-state index contributed by atoms with van der Waals surface area (Å²) in [5, 5.41) is 13.8. The van der Waals surface area contributed by atoms with Crippen LogP contribution >= 0.6 is 0 Å². The molecular weight excluding hydrogens is 486 g/mol. The molecule has 0 atom stereocenters. The first-order valence-electron chi connectivity index (χ1n) is 12.9. The average molecular weight is 520 g/mol. The van der Waals surface area contributed by atoms with Crippen molar-refractivity contribution in [1.29, 1.82) is 0 Å². The third-order valence-electron chi connectivity index (χ3n) is 6.48. The molecule has 9 nitrogen and oxygen atoms in total. The Morgan fingerprint density at radius 3 is 2.32 bits per heavy atom. The van der Waals surface area contributed by atoms with Crippen LogP contribution in [0.1, 0.15) is 43.0 Å². The summed E-state index contributed by atoms with van der Waals surface area (Å²) in [6.07, 6.45) is 4.70. The highest BCUT2D eigenvalue weighted by Gasteiger charge is 2.20. The topological polar surface area (TPSA) is 103 Å². The molecule has 200 valence electrons. The number of hydrogen-bond acceptors (Lipinski definition) is 7. The van der Waals surface area contributed by atoms with Crippen molar-refractivity contribution < 1.29 is 23.9 Å². The van der Waals surface area contributed by atoms with Crippen molar-refractivity contribution in [3.05, 3.63) is 82.4 Å². The van der Waals surface area contributed by atoms with Gasteiger partial charge in [-0.3, -0.25) is 14.9 Å². The molecule has 0 spiro atoms. The van der Waals surface area contributed by atoms with Crippen LogP contribution in [0.5, 0.6) is 23.0 Å². The van der Waals surface area contributed by atoms with E-state index in [0.29, 0.717) is 22.7 Å². The van der Waals surface area contributed by atoms with Crippen LogP contribution in [0.15, 0.2) is 66.7 Å². The molecule has 1 heterocycles. The standard InChI is InChI=1S/C29H33N3O6/c1-3-4-17-31-18-15-26(16-19-31)37-24-10-5-21(6-11-24)29(33)30-22-7-12-25(13-8-22)38-27-14-9-23(32(34)35)20-28(27)36-2/h5-14,20,26H,3-4,15-19H2,1-2H3,(H,30,33). The van der Waals surface area contributed by atoms with Gasteiger partial charge < -0.3 is 24.4 Å². The molecule has 0 saturated carbocycles. The van der Waals surface area contributed by atoms with Crippen molar-refractivity contribution in [2.45, 2.75) is 38.7 Å². The Morgan fingerprint density at radius 1 is 1.00 bits per heavy atom. The summed E-state index contributed by atoms with van der Waals surface area (Å²) >= 11 is 0. The molecule has 3 aromatic rings. The van der Waals surface area contributed by atoms with Crippen LogP contribution in [0.2, 0.25) is 0 Å². The number of hydrogen-bond donors (Lipinski definition) is 1. The number of carbonyl (C=O) groups excluding carboxylic acids is 1. The smallest absolute Gasteiger partial charge is 0.273 e. The van der Waals surface area contributed by atoms with Gasteiger partial charge in [-0.2, -0.15) is 0 Å². The van der Waals surface area contributed by atoms with E-state index in [1.165, 1.54) is 38.2 Å². The second-order valence-electron chi connectivity index (χ2n) is 9.21. The summed E-state index contributed by atoms with van der Waals surface area (Å²) in [5.41, 5.74) is 1.05. The highest BCUT2D eigenvalue weighted by atomic mass is 16.6. The number of unbranched alkanes of at least 4 members (excludes halogenated alkanes) is 1. The molecule has 3 aromatic carbocycles. The van der Waals surface area contributed by atoms with Crippen LogP contribution in [0.3, 0.4) is 0 Å². The molecule has 1 N–H and O–H groups in total. The number of nitrogens with one attached hydrogen (secondary N) is 1. The zero-order valence-corrected chi connectivity index (χ0v) is 21.7. The van der Waals surface area contributed by atoms with Crippen LogP contribution in [0.25, 0.3) is 0 Å². The van der Waals surface area contributed by atoms with E-state index < -0.39 is 4.92 Å². The molecule has 0 bridgehead atoms. The van der Waals surface area contributed by atoms with Gasteiger partial charge in [0.1, 0.15) is 17.6 Å². The van der Waals surface area contributed by atoms with Crippen molar-refractivity contribution in [2.24, 2.45) is 0 Å². The molecular formula is C29H33N3O6. The Balaban J connectivity index is 1.28. The van der Waals surface area contributed by atoms with E-state index in [1.54, 1.807) is 36.4 Å². The second kappa shape index (κ2) is 12.9. The van der Waals surface area contributed by atoms with Gasteiger partial charge in [0.2, 0.25) is 0 Å². The molecule has 9 heteroatoms. The summed E-state index contributed by atoms with van der Waals surface area (Å²) in [6.45, 7) is 5.51. The van der Waals surface area contributed by atoms with Crippen molar-refractivity contribution in [2.75, 3.05) is 32.1 Å².